The van der Waals surface area contributed by atoms with E-state index < -0.39 is 0 Å². The summed E-state index contributed by atoms with van der Waals surface area (Å²) in [5.41, 5.74) is 0. The fraction of sp³-hybridized carbons (Fsp3) is 1.00. The molecule has 88 valence electrons. The van der Waals surface area contributed by atoms with Crippen LogP contribution >= 0.6 is 0 Å². The third-order valence-electron chi connectivity index (χ3n) is 3.62. The number of hydrogen-bond acceptors (Lipinski definition) is 3. The Hall–Kier alpha value is -0.120. The van der Waals surface area contributed by atoms with Crippen LogP contribution in [0.15, 0.2) is 0 Å². The first-order valence-electron chi connectivity index (χ1n) is 6.43. The third kappa shape index (κ3) is 2.92. The van der Waals surface area contributed by atoms with Crippen LogP contribution in [0.1, 0.15) is 38.5 Å². The first-order chi connectivity index (χ1) is 7.42. The van der Waals surface area contributed by atoms with Crippen LogP contribution < -0.4 is 0 Å². The van der Waals surface area contributed by atoms with Crippen LogP contribution in [0.3, 0.4) is 0 Å². The molecule has 2 aliphatic rings. The summed E-state index contributed by atoms with van der Waals surface area (Å²) in [5.74, 6) is 0. The molecule has 15 heavy (non-hydrogen) atoms. The van der Waals surface area contributed by atoms with E-state index in [9.17, 15) is 0 Å². The van der Waals surface area contributed by atoms with Crippen molar-refractivity contribution in [3.63, 3.8) is 0 Å². The maximum Gasteiger partial charge on any atom is 0.168 e. The molecule has 0 N–H and O–H groups in total. The number of nitrogens with zero attached hydrogens (tertiary/aromatic N) is 2. The zero-order valence-electron chi connectivity index (χ0n) is 9.95. The van der Waals surface area contributed by atoms with Crippen LogP contribution in [0.2, 0.25) is 0 Å². The van der Waals surface area contributed by atoms with E-state index in [1.165, 1.54) is 64.7 Å². The van der Waals surface area contributed by atoms with Crippen molar-refractivity contribution >= 4 is 0 Å². The van der Waals surface area contributed by atoms with Crippen molar-refractivity contribution in [1.29, 1.82) is 0 Å². The van der Waals surface area contributed by atoms with Crippen LogP contribution in [0, 0.1) is 0 Å². The van der Waals surface area contributed by atoms with Gasteiger partial charge in [-0.1, -0.05) is 12.8 Å². The molecular formula is C12H24N2O. The Labute approximate surface area is 93.4 Å². The highest BCUT2D eigenvalue weighted by molar-refractivity contribution is 4.72. The summed E-state index contributed by atoms with van der Waals surface area (Å²) >= 11 is 0. The zero-order chi connectivity index (χ0) is 10.5. The number of hydrogen-bond donors (Lipinski definition) is 0. The summed E-state index contributed by atoms with van der Waals surface area (Å²) in [6, 6.07) is 0. The Kier molecular flexibility index (Phi) is 4.42. The van der Waals surface area contributed by atoms with Gasteiger partial charge in [-0.3, -0.25) is 9.80 Å². The predicted octanol–water partition coefficient (Wildman–Crippen LogP) is 1.89. The Bertz CT molecular complexity index is 156. The maximum atomic E-state index is 5.68. The lowest BCUT2D eigenvalue weighted by Gasteiger charge is -2.41. The summed E-state index contributed by atoms with van der Waals surface area (Å²) in [7, 11) is 1.86. The average molecular weight is 212 g/mol. The van der Waals surface area contributed by atoms with E-state index >= 15 is 0 Å². The second kappa shape index (κ2) is 5.83. The lowest BCUT2D eigenvalue weighted by atomic mass is 10.1. The molecule has 0 aromatic heterocycles. The number of rotatable bonds is 3. The molecular weight excluding hydrogens is 188 g/mol. The first kappa shape index (κ1) is 11.4. The van der Waals surface area contributed by atoms with E-state index in [-0.39, 0.29) is 6.35 Å². The van der Waals surface area contributed by atoms with Crippen molar-refractivity contribution in [2.45, 2.75) is 44.9 Å². The zero-order valence-corrected chi connectivity index (χ0v) is 9.95. The highest BCUT2D eigenvalue weighted by Gasteiger charge is 2.26. The fourth-order valence-corrected chi connectivity index (χ4v) is 2.81. The van der Waals surface area contributed by atoms with Crippen LogP contribution in [-0.2, 0) is 4.74 Å². The largest absolute Gasteiger partial charge is 0.353 e. The summed E-state index contributed by atoms with van der Waals surface area (Å²) in [6.07, 6.45) is 8.41. The van der Waals surface area contributed by atoms with Crippen LogP contribution in [-0.4, -0.2) is 49.4 Å². The van der Waals surface area contributed by atoms with Crippen molar-refractivity contribution in [3.8, 4) is 0 Å². The second-order valence-electron chi connectivity index (χ2n) is 4.76. The number of likely N-dealkylation sites (tertiary alicyclic amines) is 2. The van der Waals surface area contributed by atoms with Crippen molar-refractivity contribution in [2.75, 3.05) is 33.3 Å². The van der Waals surface area contributed by atoms with E-state index in [4.69, 9.17) is 4.74 Å². The SMILES string of the molecule is COC(N1CCCCC1)N1CCCCC1. The lowest BCUT2D eigenvalue weighted by Crippen LogP contribution is -2.52. The number of piperidine rings is 2. The van der Waals surface area contributed by atoms with E-state index in [2.05, 4.69) is 9.80 Å². The highest BCUT2D eigenvalue weighted by atomic mass is 16.5. The number of methoxy groups -OCH3 is 1. The van der Waals surface area contributed by atoms with Crippen molar-refractivity contribution in [1.82, 2.24) is 9.80 Å². The number of ether oxygens (including phenoxy) is 1. The molecule has 0 bridgehead atoms. The molecule has 2 saturated heterocycles. The molecule has 0 amide bonds. The molecule has 2 fully saturated rings. The highest BCUT2D eigenvalue weighted by Crippen LogP contribution is 2.19. The van der Waals surface area contributed by atoms with Gasteiger partial charge in [-0.05, 0) is 25.7 Å². The van der Waals surface area contributed by atoms with E-state index in [1.807, 2.05) is 7.11 Å². The first-order valence-corrected chi connectivity index (χ1v) is 6.43. The molecule has 0 unspecified atom stereocenters. The maximum absolute atomic E-state index is 5.68. The van der Waals surface area contributed by atoms with Gasteiger partial charge >= 0.3 is 0 Å². The standard InChI is InChI=1S/C12H24N2O/c1-15-12(13-8-4-2-5-9-13)14-10-6-3-7-11-14/h12H,2-11H2,1H3. The van der Waals surface area contributed by atoms with Gasteiger partial charge in [-0.15, -0.1) is 0 Å². The normalized spacial score (nSPS) is 26.0. The van der Waals surface area contributed by atoms with Crippen LogP contribution in [0.4, 0.5) is 0 Å². The Morgan fingerprint density at radius 1 is 0.733 bits per heavy atom. The monoisotopic (exact) mass is 212 g/mol. The summed E-state index contributed by atoms with van der Waals surface area (Å²) < 4.78 is 5.68. The average Bonchev–Trinajstić information content (AvgIpc) is 2.33. The molecule has 0 atom stereocenters. The molecule has 0 spiro atoms. The quantitative estimate of drug-likeness (QED) is 0.710. The second-order valence-corrected chi connectivity index (χ2v) is 4.76. The molecule has 0 saturated carbocycles. The van der Waals surface area contributed by atoms with E-state index in [1.54, 1.807) is 0 Å². The van der Waals surface area contributed by atoms with Gasteiger partial charge in [0.25, 0.3) is 0 Å². The van der Waals surface area contributed by atoms with Crippen LogP contribution in [0.25, 0.3) is 0 Å². The molecule has 0 aromatic rings. The van der Waals surface area contributed by atoms with Crippen molar-refractivity contribution in [2.24, 2.45) is 0 Å². The lowest BCUT2D eigenvalue weighted by molar-refractivity contribution is -0.146. The molecule has 2 heterocycles. The Morgan fingerprint density at radius 2 is 1.13 bits per heavy atom. The minimum absolute atomic E-state index is 0.255. The molecule has 2 aliphatic heterocycles. The van der Waals surface area contributed by atoms with E-state index in [0.29, 0.717) is 0 Å². The molecule has 3 heteroatoms. The minimum Gasteiger partial charge on any atom is -0.353 e. The molecule has 0 radical (unpaired) electrons. The topological polar surface area (TPSA) is 15.7 Å². The van der Waals surface area contributed by atoms with Gasteiger partial charge in [0.2, 0.25) is 0 Å². The third-order valence-corrected chi connectivity index (χ3v) is 3.62. The molecule has 2 rings (SSSR count). The molecule has 3 nitrogen and oxygen atoms in total. The van der Waals surface area contributed by atoms with Crippen LogP contribution in [0.5, 0.6) is 0 Å². The smallest absolute Gasteiger partial charge is 0.168 e. The van der Waals surface area contributed by atoms with Gasteiger partial charge in [0, 0.05) is 33.3 Å². The minimum atomic E-state index is 0.255. The predicted molar refractivity (Wildman–Crippen MR) is 61.6 cm³/mol. The summed E-state index contributed by atoms with van der Waals surface area (Å²) in [5, 5.41) is 0. The molecule has 0 aromatic carbocycles. The van der Waals surface area contributed by atoms with Gasteiger partial charge in [0.15, 0.2) is 6.35 Å². The Balaban J connectivity index is 1.88. The van der Waals surface area contributed by atoms with Gasteiger partial charge in [-0.25, -0.2) is 0 Å². The Morgan fingerprint density at radius 3 is 1.47 bits per heavy atom. The van der Waals surface area contributed by atoms with Gasteiger partial charge in [-0.2, -0.15) is 0 Å². The summed E-state index contributed by atoms with van der Waals surface area (Å²) in [4.78, 5) is 5.02. The van der Waals surface area contributed by atoms with Gasteiger partial charge in [0.1, 0.15) is 0 Å². The van der Waals surface area contributed by atoms with E-state index in [0.717, 1.165) is 0 Å². The summed E-state index contributed by atoms with van der Waals surface area (Å²) in [6.45, 7) is 4.87. The van der Waals surface area contributed by atoms with Gasteiger partial charge in [0.05, 0.1) is 0 Å². The van der Waals surface area contributed by atoms with Crippen molar-refractivity contribution < 1.29 is 4.74 Å². The fourth-order valence-electron chi connectivity index (χ4n) is 2.81. The van der Waals surface area contributed by atoms with Crippen molar-refractivity contribution in [3.05, 3.63) is 0 Å². The molecule has 0 aliphatic carbocycles. The van der Waals surface area contributed by atoms with Gasteiger partial charge < -0.3 is 4.74 Å².